The molecule has 1 aliphatic heterocycles. The summed E-state index contributed by atoms with van der Waals surface area (Å²) in [6, 6.07) is 6.20. The molecule has 9 nitrogen and oxygen atoms in total. The number of carbonyl (C=O) groups excluding carboxylic acids is 1. The van der Waals surface area contributed by atoms with Crippen molar-refractivity contribution in [1.29, 1.82) is 0 Å². The van der Waals surface area contributed by atoms with Crippen LogP contribution in [0, 0.1) is 0 Å². The number of rotatable bonds is 3. The predicted molar refractivity (Wildman–Crippen MR) is 110 cm³/mol. The molecule has 1 aliphatic rings. The molecule has 0 saturated heterocycles. The van der Waals surface area contributed by atoms with Gasteiger partial charge in [-0.05, 0) is 38.0 Å². The highest BCUT2D eigenvalue weighted by Crippen LogP contribution is 2.24. The van der Waals surface area contributed by atoms with Crippen LogP contribution in [0.1, 0.15) is 54.3 Å². The zero-order valence-corrected chi connectivity index (χ0v) is 17.7. The zero-order valence-electron chi connectivity index (χ0n) is 17.7. The third-order valence-electron chi connectivity index (χ3n) is 5.08. The Kier molecular flexibility index (Phi) is 5.53. The quantitative estimate of drug-likeness (QED) is 0.541. The number of aromatic nitrogens is 6. The monoisotopic (exact) mass is 425 g/mol. The van der Waals surface area contributed by atoms with Crippen molar-refractivity contribution in [3.8, 4) is 0 Å². The Morgan fingerprint density at radius 2 is 2.16 bits per heavy atom. The number of aromatic amines is 1. The predicted octanol–water partition coefficient (Wildman–Crippen LogP) is 3.09. The fraction of sp³-hybridized carbons (Fsp3) is 0.381. The van der Waals surface area contributed by atoms with Crippen molar-refractivity contribution in [2.24, 2.45) is 0 Å². The van der Waals surface area contributed by atoms with Gasteiger partial charge >= 0.3 is 11.8 Å². The van der Waals surface area contributed by atoms with E-state index in [4.69, 9.17) is 4.42 Å². The van der Waals surface area contributed by atoms with Crippen LogP contribution in [0.2, 0.25) is 0 Å². The number of hydrogen-bond donors (Lipinski definition) is 1. The molecule has 0 unspecified atom stereocenters. The molecule has 0 aromatic carbocycles. The molecule has 0 aliphatic carbocycles. The lowest BCUT2D eigenvalue weighted by Gasteiger charge is -2.24. The Hall–Kier alpha value is -3.56. The number of imidazole rings is 1. The van der Waals surface area contributed by atoms with E-state index in [1.165, 1.54) is 24.9 Å². The van der Waals surface area contributed by atoms with Gasteiger partial charge in [0.25, 0.3) is 5.89 Å². The van der Waals surface area contributed by atoms with Gasteiger partial charge in [0.2, 0.25) is 0 Å². The second-order valence-corrected chi connectivity index (χ2v) is 7.74. The average Bonchev–Trinajstić information content (AvgIpc) is 3.52. The smallest absolute Gasteiger partial charge is 0.311 e. The van der Waals surface area contributed by atoms with Gasteiger partial charge in [-0.1, -0.05) is 13.0 Å². The molecule has 0 fully saturated rings. The summed E-state index contributed by atoms with van der Waals surface area (Å²) in [5.74, 6) is -0.776. The molecular formula is C21H24FN7O2. The maximum absolute atomic E-state index is 13.7. The minimum atomic E-state index is -1.76. The second-order valence-electron chi connectivity index (χ2n) is 7.74. The van der Waals surface area contributed by atoms with Crippen LogP contribution in [0.5, 0.6) is 0 Å². The molecule has 4 aromatic rings. The number of hydrogen-bond acceptors (Lipinski definition) is 6. The first-order chi connectivity index (χ1) is 14.9. The number of fused-ring (bicyclic) bond motifs is 2. The molecule has 0 spiro atoms. The van der Waals surface area contributed by atoms with Crippen LogP contribution in [0.15, 0.2) is 41.3 Å². The highest BCUT2D eigenvalue weighted by Gasteiger charge is 2.31. The maximum atomic E-state index is 13.7. The number of pyridine rings is 1. The molecule has 1 amide bonds. The van der Waals surface area contributed by atoms with Crippen LogP contribution >= 0.6 is 0 Å². The fourth-order valence-corrected chi connectivity index (χ4v) is 3.38. The molecule has 0 saturated carbocycles. The number of amides is 1. The van der Waals surface area contributed by atoms with Gasteiger partial charge in [0.15, 0.2) is 5.67 Å². The third-order valence-corrected chi connectivity index (χ3v) is 5.08. The van der Waals surface area contributed by atoms with Crippen LogP contribution in [-0.2, 0) is 25.1 Å². The van der Waals surface area contributed by atoms with E-state index in [-0.39, 0.29) is 11.8 Å². The molecule has 1 N–H and O–H groups in total. The minimum Gasteiger partial charge on any atom is -0.413 e. The number of carbonyl (C=O) groups is 1. The molecule has 10 heteroatoms. The highest BCUT2D eigenvalue weighted by molar-refractivity contribution is 5.89. The van der Waals surface area contributed by atoms with E-state index in [0.29, 0.717) is 19.5 Å². The summed E-state index contributed by atoms with van der Waals surface area (Å²) in [7, 11) is 0. The van der Waals surface area contributed by atoms with Crippen LogP contribution in [0.3, 0.4) is 0 Å². The van der Waals surface area contributed by atoms with E-state index >= 15 is 0 Å². The second kappa shape index (κ2) is 8.29. The number of alkyl halides is 1. The largest absolute Gasteiger partial charge is 0.413 e. The minimum absolute atomic E-state index is 0.186. The Balaban J connectivity index is 0.000000177. The first-order valence-electron chi connectivity index (χ1n) is 10.1. The van der Waals surface area contributed by atoms with Crippen LogP contribution in [0.25, 0.3) is 5.52 Å². The lowest BCUT2D eigenvalue weighted by Crippen LogP contribution is -2.36. The van der Waals surface area contributed by atoms with E-state index in [0.717, 1.165) is 17.8 Å². The normalized spacial score (nSPS) is 13.6. The highest BCUT2D eigenvalue weighted by atomic mass is 19.1. The number of halogens is 1. The Morgan fingerprint density at radius 1 is 1.32 bits per heavy atom. The summed E-state index contributed by atoms with van der Waals surface area (Å²) in [6.45, 7) is 5.68. The van der Waals surface area contributed by atoms with Gasteiger partial charge in [-0.3, -0.25) is 4.79 Å². The summed E-state index contributed by atoms with van der Waals surface area (Å²) in [5, 5.41) is 11.4. The molecule has 4 aromatic heterocycles. The summed E-state index contributed by atoms with van der Waals surface area (Å²) in [4.78, 5) is 21.0. The lowest BCUT2D eigenvalue weighted by molar-refractivity contribution is 0.0681. The summed E-state index contributed by atoms with van der Waals surface area (Å²) >= 11 is 0. The van der Waals surface area contributed by atoms with Crippen molar-refractivity contribution in [2.75, 3.05) is 6.54 Å². The van der Waals surface area contributed by atoms with Crippen LogP contribution < -0.4 is 0 Å². The van der Waals surface area contributed by atoms with E-state index in [2.05, 4.69) is 38.3 Å². The lowest BCUT2D eigenvalue weighted by atomic mass is 10.1. The number of nitrogens with one attached hydrogen (secondary N) is 1. The first kappa shape index (κ1) is 20.7. The standard InChI is InChI=1S/C12H14FN5O2.C9H10N2/c1-12(2,13)11-17-16-9(20-11)10(19)18-4-3-7-8(5-18)15-6-14-7;1-2-8-4-3-7-11-9(8)5-6-10-11/h6H,3-5H2,1-2H3,(H,14,15);3-7H,2H2,1H3. The summed E-state index contributed by atoms with van der Waals surface area (Å²) < 4.78 is 20.7. The molecule has 0 bridgehead atoms. The van der Waals surface area contributed by atoms with Crippen LogP contribution in [0.4, 0.5) is 4.39 Å². The van der Waals surface area contributed by atoms with Crippen LogP contribution in [-0.4, -0.2) is 47.1 Å². The van der Waals surface area contributed by atoms with Crippen molar-refractivity contribution in [3.05, 3.63) is 65.7 Å². The summed E-state index contributed by atoms with van der Waals surface area (Å²) in [5.41, 5.74) is 2.67. The molecular weight excluding hydrogens is 401 g/mol. The van der Waals surface area contributed by atoms with Crippen molar-refractivity contribution < 1.29 is 13.6 Å². The average molecular weight is 425 g/mol. The van der Waals surface area contributed by atoms with Crippen molar-refractivity contribution in [2.45, 2.75) is 45.8 Å². The first-order valence-corrected chi connectivity index (χ1v) is 10.1. The number of aryl methyl sites for hydroxylation is 1. The van der Waals surface area contributed by atoms with Crippen molar-refractivity contribution >= 4 is 11.4 Å². The molecule has 5 heterocycles. The fourth-order valence-electron chi connectivity index (χ4n) is 3.38. The van der Waals surface area contributed by atoms with E-state index < -0.39 is 11.6 Å². The van der Waals surface area contributed by atoms with Gasteiger partial charge in [0.1, 0.15) is 0 Å². The van der Waals surface area contributed by atoms with Gasteiger partial charge in [-0.2, -0.15) is 5.10 Å². The van der Waals surface area contributed by atoms with Gasteiger partial charge in [0.05, 0.1) is 29.8 Å². The maximum Gasteiger partial charge on any atom is 0.311 e. The van der Waals surface area contributed by atoms with E-state index in [9.17, 15) is 9.18 Å². The number of nitrogens with zero attached hydrogens (tertiary/aromatic N) is 6. The SMILES string of the molecule is CC(C)(F)c1nnc(C(=O)N2CCc3nc[nH]c3C2)o1.CCc1cccn2nccc12. The van der Waals surface area contributed by atoms with E-state index in [1.807, 2.05) is 29.0 Å². The van der Waals surface area contributed by atoms with Crippen molar-refractivity contribution in [3.63, 3.8) is 0 Å². The van der Waals surface area contributed by atoms with Gasteiger partial charge < -0.3 is 14.3 Å². The summed E-state index contributed by atoms with van der Waals surface area (Å²) in [6.07, 6.45) is 7.13. The molecule has 162 valence electrons. The van der Waals surface area contributed by atoms with Gasteiger partial charge in [-0.25, -0.2) is 13.9 Å². The third kappa shape index (κ3) is 4.32. The Morgan fingerprint density at radius 3 is 2.90 bits per heavy atom. The van der Waals surface area contributed by atoms with Gasteiger partial charge in [0, 0.05) is 25.4 Å². The van der Waals surface area contributed by atoms with Gasteiger partial charge in [-0.15, -0.1) is 10.2 Å². The molecule has 31 heavy (non-hydrogen) atoms. The zero-order chi connectivity index (χ0) is 22.0. The van der Waals surface area contributed by atoms with E-state index in [1.54, 1.807) is 11.2 Å². The Bertz CT molecular complexity index is 1190. The number of H-pyrrole nitrogens is 1. The topological polar surface area (TPSA) is 105 Å². The Labute approximate surface area is 178 Å². The van der Waals surface area contributed by atoms with Crippen molar-refractivity contribution in [1.82, 2.24) is 34.7 Å². The molecule has 5 rings (SSSR count). The molecule has 0 atom stereocenters. The molecule has 0 radical (unpaired) electrons.